The van der Waals surface area contributed by atoms with Gasteiger partial charge in [0.05, 0.1) is 50.2 Å². The van der Waals surface area contributed by atoms with Crippen LogP contribution in [0.2, 0.25) is 0 Å². The molecule has 0 aliphatic rings. The first kappa shape index (κ1) is 81.6. The van der Waals surface area contributed by atoms with Gasteiger partial charge in [0.15, 0.2) is 0 Å². The fourth-order valence-corrected chi connectivity index (χ4v) is 21.0. The van der Waals surface area contributed by atoms with Gasteiger partial charge in [-0.1, -0.05) is 382 Å². The summed E-state index contributed by atoms with van der Waals surface area (Å²) in [7, 11) is 0. The fourth-order valence-electron chi connectivity index (χ4n) is 21.0. The second kappa shape index (κ2) is 35.3. The van der Waals surface area contributed by atoms with Gasteiger partial charge in [0, 0.05) is 110 Å². The summed E-state index contributed by atoms with van der Waals surface area (Å²) in [5.41, 5.74) is 28.2. The predicted molar refractivity (Wildman–Crippen MR) is 588 cm³/mol. The molecule has 138 heavy (non-hydrogen) atoms. The molecular weight excluding hydrogens is 1670 g/mol. The average Bonchev–Trinajstić information content (AvgIpc) is 1.56. The van der Waals surface area contributed by atoms with Gasteiger partial charge in [-0.05, 0) is 235 Å². The lowest BCUT2D eigenvalue weighted by molar-refractivity contribution is 1.19. The molecule has 27 rings (SSSR count). The third kappa shape index (κ3) is 14.7. The van der Waals surface area contributed by atoms with E-state index < -0.39 is 0 Å². The first-order valence-electron chi connectivity index (χ1n) is 47.3. The highest BCUT2D eigenvalue weighted by Crippen LogP contribution is 2.51. The molecule has 0 aliphatic heterocycles. The van der Waals surface area contributed by atoms with Crippen LogP contribution >= 0.6 is 0 Å². The van der Waals surface area contributed by atoms with E-state index in [1.807, 2.05) is 0 Å². The number of hydrogen-bond donors (Lipinski definition) is 0. The molecular formula is C132H90N6. The number of fused-ring (bicyclic) bond motifs is 18. The molecule has 3 aromatic heterocycles. The smallest absolute Gasteiger partial charge is 0.0640 e. The van der Waals surface area contributed by atoms with E-state index in [0.717, 1.165) is 68.2 Å². The van der Waals surface area contributed by atoms with Crippen LogP contribution in [0.25, 0.3) is 180 Å². The third-order valence-corrected chi connectivity index (χ3v) is 27.4. The van der Waals surface area contributed by atoms with Gasteiger partial charge in [-0.25, -0.2) is 0 Å². The van der Waals surface area contributed by atoms with Gasteiger partial charge in [-0.2, -0.15) is 0 Å². The van der Waals surface area contributed by atoms with Crippen LogP contribution in [-0.4, -0.2) is 13.7 Å². The molecule has 0 saturated heterocycles. The summed E-state index contributed by atoms with van der Waals surface area (Å²) >= 11 is 0. The van der Waals surface area contributed by atoms with E-state index in [2.05, 4.69) is 574 Å². The van der Waals surface area contributed by atoms with E-state index in [1.165, 1.54) is 163 Å². The Balaban J connectivity index is 0.000000110. The number of hydrogen-bond acceptors (Lipinski definition) is 3. The van der Waals surface area contributed by atoms with Crippen LogP contribution in [0, 0.1) is 0 Å². The largest absolute Gasteiger partial charge is 0.310 e. The van der Waals surface area contributed by atoms with Gasteiger partial charge < -0.3 is 28.4 Å². The first-order chi connectivity index (χ1) is 68.5. The van der Waals surface area contributed by atoms with Crippen LogP contribution in [0.3, 0.4) is 0 Å². The molecule has 0 N–H and O–H groups in total. The molecule has 0 fully saturated rings. The highest BCUT2D eigenvalue weighted by molar-refractivity contribution is 6.26. The highest BCUT2D eigenvalue weighted by Gasteiger charge is 2.28. The molecule has 24 aromatic carbocycles. The molecule has 0 radical (unpaired) electrons. The Kier molecular flexibility index (Phi) is 20.9. The molecule has 6 nitrogen and oxygen atoms in total. The van der Waals surface area contributed by atoms with Gasteiger partial charge in [-0.3, -0.25) is 0 Å². The van der Waals surface area contributed by atoms with Crippen LogP contribution < -0.4 is 14.7 Å². The van der Waals surface area contributed by atoms with E-state index >= 15 is 0 Å². The van der Waals surface area contributed by atoms with Crippen LogP contribution in [-0.2, 0) is 0 Å². The number of benzene rings is 24. The second-order valence-corrected chi connectivity index (χ2v) is 35.4. The lowest BCUT2D eigenvalue weighted by Gasteiger charge is -2.27. The molecule has 0 atom stereocenters. The lowest BCUT2D eigenvalue weighted by Crippen LogP contribution is -2.10. The van der Waals surface area contributed by atoms with Gasteiger partial charge in [0.25, 0.3) is 0 Å². The van der Waals surface area contributed by atoms with Crippen molar-refractivity contribution in [1.29, 1.82) is 0 Å². The molecule has 0 spiro atoms. The molecule has 6 heteroatoms. The van der Waals surface area contributed by atoms with Crippen LogP contribution in [0.4, 0.5) is 51.2 Å². The summed E-state index contributed by atoms with van der Waals surface area (Å²) in [4.78, 5) is 7.20. The van der Waals surface area contributed by atoms with Crippen LogP contribution in [0.1, 0.15) is 0 Å². The maximum Gasteiger partial charge on any atom is 0.0640 e. The van der Waals surface area contributed by atoms with E-state index in [1.54, 1.807) is 0 Å². The molecule has 0 bridgehead atoms. The molecule has 3 heterocycles. The monoisotopic (exact) mass is 1760 g/mol. The normalized spacial score (nSPS) is 11.5. The van der Waals surface area contributed by atoms with Crippen molar-refractivity contribution >= 4 is 181 Å². The van der Waals surface area contributed by atoms with Crippen molar-refractivity contribution in [3.05, 3.63) is 546 Å². The quantitative estimate of drug-likeness (QED) is 0.102. The molecule has 27 aromatic rings. The number of aromatic nitrogens is 3. The van der Waals surface area contributed by atoms with Crippen molar-refractivity contribution in [2.24, 2.45) is 0 Å². The van der Waals surface area contributed by atoms with E-state index in [-0.39, 0.29) is 0 Å². The number of rotatable bonds is 15. The van der Waals surface area contributed by atoms with Crippen molar-refractivity contribution in [2.75, 3.05) is 14.7 Å². The van der Waals surface area contributed by atoms with Gasteiger partial charge >= 0.3 is 0 Å². The summed E-state index contributed by atoms with van der Waals surface area (Å²) in [6.45, 7) is 0. The fraction of sp³-hybridized carbons (Fsp3) is 0. The zero-order valence-corrected chi connectivity index (χ0v) is 75.6. The van der Waals surface area contributed by atoms with Crippen LogP contribution in [0.15, 0.2) is 546 Å². The Labute approximate surface area is 800 Å². The average molecular weight is 1760 g/mol. The van der Waals surface area contributed by atoms with Gasteiger partial charge in [0.1, 0.15) is 0 Å². The summed E-state index contributed by atoms with van der Waals surface area (Å²) in [6.07, 6.45) is 0. The minimum absolute atomic E-state index is 1.11. The zero-order valence-electron chi connectivity index (χ0n) is 75.6. The minimum atomic E-state index is 1.11. The van der Waals surface area contributed by atoms with E-state index in [4.69, 9.17) is 0 Å². The molecule has 648 valence electrons. The summed E-state index contributed by atoms with van der Waals surface area (Å²) in [6, 6.07) is 197. The Bertz CT molecular complexity index is 9180. The number of para-hydroxylation sites is 9. The SMILES string of the molecule is c1ccc(N(c2ccc(-c3ccc4ccccc4c3)cc2)c2cc3c4ccccc4n(-c4ccccc4)c3c3ccccc23)cc1.c1ccc(N(c2ccc(-c3ccc4ccccc4c3)cc2)c2cc3ccccc3c3c2c2ccccc2n3-c2ccccc2)cc1.c1ccc(N(c2ccc(-c3ccc4ccccc4c3)cc2)c2cccc3c2ccc2c4ccccc4n(-c4ccccc4)c32)cc1. The third-order valence-electron chi connectivity index (χ3n) is 27.4. The van der Waals surface area contributed by atoms with E-state index in [0.29, 0.717) is 0 Å². The Morgan fingerprint density at radius 3 is 0.841 bits per heavy atom. The maximum atomic E-state index is 2.43. The van der Waals surface area contributed by atoms with Gasteiger partial charge in [0.2, 0.25) is 0 Å². The molecule has 0 saturated carbocycles. The van der Waals surface area contributed by atoms with Crippen molar-refractivity contribution < 1.29 is 0 Å². The number of anilines is 9. The summed E-state index contributed by atoms with van der Waals surface area (Å²) in [5, 5.41) is 22.3. The zero-order chi connectivity index (χ0) is 91.4. The Hall–Kier alpha value is -18.4. The summed E-state index contributed by atoms with van der Waals surface area (Å²) in [5.74, 6) is 0. The predicted octanol–water partition coefficient (Wildman–Crippen LogP) is 36.7. The van der Waals surface area contributed by atoms with Crippen molar-refractivity contribution in [3.63, 3.8) is 0 Å². The Morgan fingerprint density at radius 2 is 0.406 bits per heavy atom. The minimum Gasteiger partial charge on any atom is -0.310 e. The highest BCUT2D eigenvalue weighted by atomic mass is 15.2. The summed E-state index contributed by atoms with van der Waals surface area (Å²) < 4.78 is 7.27. The van der Waals surface area contributed by atoms with Crippen molar-refractivity contribution in [3.8, 4) is 50.4 Å². The molecule has 0 aliphatic carbocycles. The van der Waals surface area contributed by atoms with Crippen LogP contribution in [0.5, 0.6) is 0 Å². The van der Waals surface area contributed by atoms with Gasteiger partial charge in [-0.15, -0.1) is 0 Å². The topological polar surface area (TPSA) is 24.5 Å². The maximum absolute atomic E-state index is 2.43. The van der Waals surface area contributed by atoms with Crippen molar-refractivity contribution in [1.82, 2.24) is 13.7 Å². The standard InChI is InChI=1S/3C44H30N2/c1-3-16-36(17-4-1)45(38-27-25-32(26-28-38)34-24-23-31-13-7-8-14-33(31)29-34)42-30-35-15-9-10-20-39(35)44-43(42)40-21-11-12-22-41(40)46(44)37-18-5-2-6-19-37;1-3-15-35(16-4-1)45(37-27-25-32(26-28-37)34-24-23-31-13-7-8-14-33(31)29-34)43-30-41-39-20-11-12-22-42(39)46(36-17-5-2-6-18-36)44(41)40-21-10-9-19-38(40)43;1-3-14-35(15-4-1)45(37-26-24-32(25-27-37)34-23-22-31-12-7-8-13-33(31)30-34)42-21-11-19-40-39(42)28-29-41-38-18-9-10-20-43(38)46(44(40)41)36-16-5-2-6-17-36/h3*1-30H. The Morgan fingerprint density at radius 1 is 0.130 bits per heavy atom. The van der Waals surface area contributed by atoms with Crippen molar-refractivity contribution in [2.45, 2.75) is 0 Å². The van der Waals surface area contributed by atoms with E-state index in [9.17, 15) is 0 Å². The lowest BCUT2D eigenvalue weighted by atomic mass is 10.00. The second-order valence-electron chi connectivity index (χ2n) is 35.4. The first-order valence-corrected chi connectivity index (χ1v) is 47.3. The molecule has 0 unspecified atom stereocenters. The molecule has 0 amide bonds. The number of nitrogens with zero attached hydrogens (tertiary/aromatic N) is 6.